The van der Waals surface area contributed by atoms with E-state index in [2.05, 4.69) is 34.6 Å². The zero-order valence-corrected chi connectivity index (χ0v) is 20.0. The Labute approximate surface area is 199 Å². The number of carbonyl (C=O) groups is 2. The van der Waals surface area contributed by atoms with Crippen LogP contribution in [0.1, 0.15) is 49.7 Å². The van der Waals surface area contributed by atoms with Gasteiger partial charge in [0.1, 0.15) is 12.1 Å². The third kappa shape index (κ3) is 4.42. The van der Waals surface area contributed by atoms with Crippen LogP contribution in [-0.2, 0) is 14.9 Å². The van der Waals surface area contributed by atoms with Crippen molar-refractivity contribution >= 4 is 22.6 Å². The van der Waals surface area contributed by atoms with Crippen molar-refractivity contribution in [2.45, 2.75) is 51.2 Å². The number of hydrogen-bond acceptors (Lipinski definition) is 6. The molecule has 0 radical (unpaired) electrons. The van der Waals surface area contributed by atoms with E-state index in [0.717, 1.165) is 12.8 Å². The maximum atomic E-state index is 12.9. The number of esters is 1. The van der Waals surface area contributed by atoms with E-state index in [-0.39, 0.29) is 23.0 Å². The molecule has 1 saturated carbocycles. The highest BCUT2D eigenvalue weighted by molar-refractivity contribution is 5.98. The van der Waals surface area contributed by atoms with E-state index in [0.29, 0.717) is 12.4 Å². The summed E-state index contributed by atoms with van der Waals surface area (Å²) in [4.78, 5) is 29.9. The lowest BCUT2D eigenvalue weighted by Crippen LogP contribution is -2.42. The fraction of sp³-hybridized carbons (Fsp3) is 0.370. The zero-order valence-electron chi connectivity index (χ0n) is 20.0. The first-order valence-electron chi connectivity index (χ1n) is 11.6. The Morgan fingerprint density at radius 3 is 2.53 bits per heavy atom. The fourth-order valence-corrected chi connectivity index (χ4v) is 4.44. The summed E-state index contributed by atoms with van der Waals surface area (Å²) in [7, 11) is 1.49. The van der Waals surface area contributed by atoms with Crippen LogP contribution < -0.4 is 14.8 Å². The monoisotopic (exact) mass is 462 g/mol. The molecule has 1 heterocycles. The molecule has 7 nitrogen and oxygen atoms in total. The number of aromatic nitrogens is 1. The van der Waals surface area contributed by atoms with E-state index < -0.39 is 17.9 Å². The Hall–Kier alpha value is -3.61. The van der Waals surface area contributed by atoms with E-state index in [4.69, 9.17) is 14.2 Å². The van der Waals surface area contributed by atoms with Gasteiger partial charge in [0.15, 0.2) is 17.2 Å². The molecule has 0 spiro atoms. The van der Waals surface area contributed by atoms with Crippen LogP contribution in [0.15, 0.2) is 54.7 Å². The smallest absolute Gasteiger partial charge is 0.328 e. The first kappa shape index (κ1) is 23.5. The lowest BCUT2D eigenvalue weighted by atomic mass is 9.87. The minimum atomic E-state index is -0.860. The molecular formula is C27H30N2O5. The third-order valence-electron chi connectivity index (χ3n) is 6.48. The number of nitrogens with one attached hydrogen (secondary N) is 1. The Morgan fingerprint density at radius 1 is 1.09 bits per heavy atom. The van der Waals surface area contributed by atoms with Crippen LogP contribution in [0.3, 0.4) is 0 Å². The Balaban J connectivity index is 1.47. The van der Waals surface area contributed by atoms with Gasteiger partial charge in [0.2, 0.25) is 0 Å². The minimum absolute atomic E-state index is 0.0586. The molecule has 34 heavy (non-hydrogen) atoms. The number of hydrogen-bond donors (Lipinski definition) is 1. The molecule has 1 aromatic heterocycles. The number of nitrogens with zero attached hydrogens (tertiary/aromatic N) is 1. The normalized spacial score (nSPS) is 15.8. The number of methoxy groups -OCH3 is 1. The molecule has 4 rings (SSSR count). The molecule has 178 valence electrons. The van der Waals surface area contributed by atoms with Crippen LogP contribution in [0.5, 0.6) is 11.5 Å². The highest BCUT2D eigenvalue weighted by Crippen LogP contribution is 2.53. The van der Waals surface area contributed by atoms with Crippen molar-refractivity contribution in [1.29, 1.82) is 0 Å². The molecule has 0 bridgehead atoms. The van der Waals surface area contributed by atoms with Crippen LogP contribution in [0.25, 0.3) is 10.8 Å². The molecule has 3 aromatic rings. The first-order chi connectivity index (χ1) is 16.4. The number of pyridine rings is 1. The van der Waals surface area contributed by atoms with Gasteiger partial charge in [0, 0.05) is 17.7 Å². The minimum Gasteiger partial charge on any atom is -0.493 e. The van der Waals surface area contributed by atoms with Crippen LogP contribution in [-0.4, -0.2) is 42.7 Å². The summed E-state index contributed by atoms with van der Waals surface area (Å²) in [6, 6.07) is 15.3. The van der Waals surface area contributed by atoms with Gasteiger partial charge in [-0.3, -0.25) is 4.79 Å². The van der Waals surface area contributed by atoms with Gasteiger partial charge in [-0.2, -0.15) is 0 Å². The third-order valence-corrected chi connectivity index (χ3v) is 6.48. The molecule has 2 atom stereocenters. The number of carbonyl (C=O) groups excluding carboxylic acids is 2. The number of amides is 1. The summed E-state index contributed by atoms with van der Waals surface area (Å²) < 4.78 is 16.7. The summed E-state index contributed by atoms with van der Waals surface area (Å²) in [5, 5.41) is 5.03. The maximum Gasteiger partial charge on any atom is 0.328 e. The van der Waals surface area contributed by atoms with Gasteiger partial charge < -0.3 is 19.5 Å². The topological polar surface area (TPSA) is 86.8 Å². The second kappa shape index (κ2) is 9.71. The lowest BCUT2D eigenvalue weighted by Gasteiger charge is -2.27. The van der Waals surface area contributed by atoms with E-state index in [9.17, 15) is 9.59 Å². The van der Waals surface area contributed by atoms with Crippen LogP contribution in [0.4, 0.5) is 0 Å². The van der Waals surface area contributed by atoms with Crippen molar-refractivity contribution in [2.75, 3.05) is 13.7 Å². The van der Waals surface area contributed by atoms with Crippen LogP contribution in [0.2, 0.25) is 0 Å². The molecular weight excluding hydrogens is 432 g/mol. The number of rotatable bonds is 9. The lowest BCUT2D eigenvalue weighted by molar-refractivity contribution is -0.151. The molecule has 2 aromatic carbocycles. The van der Waals surface area contributed by atoms with Crippen LogP contribution >= 0.6 is 0 Å². The summed E-state index contributed by atoms with van der Waals surface area (Å²) >= 11 is 0. The van der Waals surface area contributed by atoms with Gasteiger partial charge in [-0.05, 0) is 49.9 Å². The largest absolute Gasteiger partial charge is 0.493 e. The Kier molecular flexibility index (Phi) is 6.72. The highest BCUT2D eigenvalue weighted by Gasteiger charge is 2.51. The average Bonchev–Trinajstić information content (AvgIpc) is 3.66. The number of fused-ring (bicyclic) bond motifs is 1. The zero-order chi connectivity index (χ0) is 24.3. The summed E-state index contributed by atoms with van der Waals surface area (Å²) in [5.41, 5.74) is 1.05. The Bertz CT molecular complexity index is 1200. The van der Waals surface area contributed by atoms with Crippen molar-refractivity contribution in [3.63, 3.8) is 0 Å². The van der Waals surface area contributed by atoms with Gasteiger partial charge in [-0.1, -0.05) is 42.5 Å². The van der Waals surface area contributed by atoms with E-state index in [1.165, 1.54) is 29.6 Å². The van der Waals surface area contributed by atoms with Crippen molar-refractivity contribution in [1.82, 2.24) is 10.3 Å². The van der Waals surface area contributed by atoms with Crippen molar-refractivity contribution in [3.05, 3.63) is 66.0 Å². The molecule has 0 unspecified atom stereocenters. The van der Waals surface area contributed by atoms with E-state index in [1.54, 1.807) is 19.9 Å². The molecule has 1 fully saturated rings. The van der Waals surface area contributed by atoms with Gasteiger partial charge >= 0.3 is 5.97 Å². The SMILES string of the molecule is CCOc1c(OC)ccnc1C(=O)N[C@@H](C)C(=O)O[C@@H](C)C1(c2cccc3ccccc23)CC1. The first-order valence-corrected chi connectivity index (χ1v) is 11.6. The predicted molar refractivity (Wildman–Crippen MR) is 129 cm³/mol. The Morgan fingerprint density at radius 2 is 1.82 bits per heavy atom. The second-order valence-electron chi connectivity index (χ2n) is 8.58. The van der Waals surface area contributed by atoms with Gasteiger partial charge in [-0.25, -0.2) is 9.78 Å². The molecule has 1 amide bonds. The molecule has 0 saturated heterocycles. The molecule has 7 heteroatoms. The molecule has 1 aliphatic carbocycles. The second-order valence-corrected chi connectivity index (χ2v) is 8.58. The molecule has 0 aliphatic heterocycles. The van der Waals surface area contributed by atoms with Crippen molar-refractivity contribution in [3.8, 4) is 11.5 Å². The van der Waals surface area contributed by atoms with E-state index in [1.807, 2.05) is 25.1 Å². The maximum absolute atomic E-state index is 12.9. The number of ether oxygens (including phenoxy) is 3. The number of benzene rings is 2. The van der Waals surface area contributed by atoms with Gasteiger partial charge in [0.05, 0.1) is 13.7 Å². The molecule has 1 N–H and O–H groups in total. The van der Waals surface area contributed by atoms with Gasteiger partial charge in [0.25, 0.3) is 5.91 Å². The summed E-state index contributed by atoms with van der Waals surface area (Å²) in [6.45, 7) is 5.68. The van der Waals surface area contributed by atoms with Gasteiger partial charge in [-0.15, -0.1) is 0 Å². The quantitative estimate of drug-likeness (QED) is 0.474. The fourth-order valence-electron chi connectivity index (χ4n) is 4.44. The van der Waals surface area contributed by atoms with Crippen molar-refractivity contribution in [2.24, 2.45) is 0 Å². The predicted octanol–water partition coefficient (Wildman–Crippen LogP) is 4.42. The van der Waals surface area contributed by atoms with E-state index >= 15 is 0 Å². The highest BCUT2D eigenvalue weighted by atomic mass is 16.5. The summed E-state index contributed by atoms with van der Waals surface area (Å²) in [6.07, 6.45) is 3.02. The van der Waals surface area contributed by atoms with Crippen LogP contribution in [0, 0.1) is 0 Å². The standard InChI is InChI=1S/C27H30N2O5/c1-5-33-24-22(32-4)13-16-28-23(24)25(30)29-17(2)26(31)34-18(3)27(14-15-27)21-12-8-10-19-9-6-7-11-20(19)21/h6-13,16-18H,5,14-15H2,1-4H3,(H,29,30)/t17-,18-/m0/s1. The van der Waals surface area contributed by atoms with Crippen molar-refractivity contribution < 1.29 is 23.8 Å². The average molecular weight is 463 g/mol. The summed E-state index contributed by atoms with van der Waals surface area (Å²) in [5.74, 6) is -0.383. The molecule has 1 aliphatic rings.